The highest BCUT2D eigenvalue weighted by molar-refractivity contribution is 7.99. The average Bonchev–Trinajstić information content (AvgIpc) is 3.50. The van der Waals surface area contributed by atoms with E-state index in [4.69, 9.17) is 9.15 Å². The number of para-hydroxylation sites is 1. The number of hydrogen-bond acceptors (Lipinski definition) is 10. The van der Waals surface area contributed by atoms with E-state index in [1.807, 2.05) is 18.2 Å². The first-order valence-electron chi connectivity index (χ1n) is 9.46. The van der Waals surface area contributed by atoms with Crippen LogP contribution in [-0.4, -0.2) is 39.4 Å². The lowest BCUT2D eigenvalue weighted by Crippen LogP contribution is -2.15. The number of thiophene rings is 1. The zero-order chi connectivity index (χ0) is 21.6. The summed E-state index contributed by atoms with van der Waals surface area (Å²) >= 11 is 4.06. The Bertz CT molecular complexity index is 1170. The van der Waals surface area contributed by atoms with E-state index in [0.717, 1.165) is 27.0 Å². The molecule has 3 aromatic heterocycles. The van der Waals surface area contributed by atoms with Gasteiger partial charge >= 0.3 is 5.97 Å². The first kappa shape index (κ1) is 21.5. The fraction of sp³-hybridized carbons (Fsp3) is 0.250. The number of ether oxygens (including phenoxy) is 1. The van der Waals surface area contributed by atoms with Crippen LogP contribution in [0.2, 0.25) is 0 Å². The summed E-state index contributed by atoms with van der Waals surface area (Å²) in [6, 6.07) is 9.64. The van der Waals surface area contributed by atoms with Crippen LogP contribution in [-0.2, 0) is 22.4 Å². The molecule has 8 nitrogen and oxygen atoms in total. The molecule has 4 aromatic rings. The second kappa shape index (κ2) is 10.0. The van der Waals surface area contributed by atoms with E-state index in [1.54, 1.807) is 29.7 Å². The third kappa shape index (κ3) is 5.49. The van der Waals surface area contributed by atoms with Crippen LogP contribution < -0.4 is 5.32 Å². The Morgan fingerprint density at radius 3 is 2.90 bits per heavy atom. The maximum Gasteiger partial charge on any atom is 0.341 e. The molecule has 0 spiro atoms. The summed E-state index contributed by atoms with van der Waals surface area (Å²) in [6.07, 6.45) is 1.29. The number of nitrogens with zero attached hydrogens (tertiary/aromatic N) is 3. The molecule has 1 N–H and O–H groups in total. The van der Waals surface area contributed by atoms with Crippen molar-refractivity contribution in [3.8, 4) is 0 Å². The van der Waals surface area contributed by atoms with Gasteiger partial charge in [0.05, 0.1) is 33.1 Å². The Balaban J connectivity index is 1.27. The lowest BCUT2D eigenvalue weighted by Gasteiger charge is -2.05. The largest absolute Gasteiger partial charge is 0.462 e. The summed E-state index contributed by atoms with van der Waals surface area (Å²) in [4.78, 5) is 28.7. The number of aryl methyl sites for hydroxylation is 2. The van der Waals surface area contributed by atoms with Crippen molar-refractivity contribution in [2.75, 3.05) is 17.7 Å². The molecule has 31 heavy (non-hydrogen) atoms. The maximum absolute atomic E-state index is 12.2. The number of hydrogen-bond donors (Lipinski definition) is 1. The number of nitrogens with one attached hydrogen (secondary N) is 1. The van der Waals surface area contributed by atoms with Crippen molar-refractivity contribution in [1.82, 2.24) is 15.2 Å². The van der Waals surface area contributed by atoms with Gasteiger partial charge in [-0.3, -0.25) is 4.79 Å². The molecule has 11 heteroatoms. The van der Waals surface area contributed by atoms with Gasteiger partial charge in [0, 0.05) is 12.8 Å². The van der Waals surface area contributed by atoms with Gasteiger partial charge in [-0.25, -0.2) is 9.78 Å². The molecule has 3 heterocycles. The van der Waals surface area contributed by atoms with Gasteiger partial charge in [-0.1, -0.05) is 23.9 Å². The summed E-state index contributed by atoms with van der Waals surface area (Å²) in [5.74, 6) is -0.141. The number of anilines is 1. The van der Waals surface area contributed by atoms with Crippen LogP contribution in [0.25, 0.3) is 10.2 Å². The van der Waals surface area contributed by atoms with Gasteiger partial charge in [0.15, 0.2) is 0 Å². The summed E-state index contributed by atoms with van der Waals surface area (Å²) in [7, 11) is 0. The fourth-order valence-electron chi connectivity index (χ4n) is 2.70. The zero-order valence-corrected chi connectivity index (χ0v) is 18.9. The quantitative estimate of drug-likeness (QED) is 0.280. The molecule has 0 radical (unpaired) electrons. The molecule has 0 aliphatic rings. The Morgan fingerprint density at radius 1 is 1.19 bits per heavy atom. The standard InChI is InChI=1S/C20H18N4O4S3/c1-2-27-19(26)12-9-10-29-18(12)22-15(25)11-30-20-24-23-16(28-20)7-8-17-21-13-5-3-4-6-14(13)31-17/h3-6,9-10H,2,7-8,11H2,1H3,(H,22,25). The van der Waals surface area contributed by atoms with Crippen LogP contribution in [0.1, 0.15) is 28.2 Å². The van der Waals surface area contributed by atoms with Crippen LogP contribution in [0.5, 0.6) is 0 Å². The smallest absolute Gasteiger partial charge is 0.341 e. The van der Waals surface area contributed by atoms with Crippen molar-refractivity contribution in [2.45, 2.75) is 25.0 Å². The highest BCUT2D eigenvalue weighted by Gasteiger charge is 2.17. The Hall–Kier alpha value is -2.76. The van der Waals surface area contributed by atoms with Crippen molar-refractivity contribution in [1.29, 1.82) is 0 Å². The number of esters is 1. The van der Waals surface area contributed by atoms with Gasteiger partial charge in [-0.15, -0.1) is 32.9 Å². The number of aromatic nitrogens is 3. The molecule has 1 aromatic carbocycles. The van der Waals surface area contributed by atoms with Crippen LogP contribution in [0.3, 0.4) is 0 Å². The van der Waals surface area contributed by atoms with E-state index in [-0.39, 0.29) is 18.3 Å². The molecular weight excluding hydrogens is 456 g/mol. The third-order valence-corrected chi connectivity index (χ3v) is 6.82. The normalized spacial score (nSPS) is 11.0. The van der Waals surface area contributed by atoms with Crippen LogP contribution in [0.15, 0.2) is 45.4 Å². The number of rotatable bonds is 9. The minimum Gasteiger partial charge on any atom is -0.462 e. The second-order valence-electron chi connectivity index (χ2n) is 6.26. The van der Waals surface area contributed by atoms with Crippen LogP contribution >= 0.6 is 34.4 Å². The molecule has 0 unspecified atom stereocenters. The molecule has 0 bridgehead atoms. The lowest BCUT2D eigenvalue weighted by atomic mass is 10.3. The third-order valence-electron chi connectivity index (χ3n) is 4.08. The Morgan fingerprint density at radius 2 is 2.06 bits per heavy atom. The SMILES string of the molecule is CCOC(=O)c1ccsc1NC(=O)CSc1nnc(CCc2nc3ccccc3s2)o1. The number of fused-ring (bicyclic) bond motifs is 1. The molecule has 4 rings (SSSR count). The highest BCUT2D eigenvalue weighted by Crippen LogP contribution is 2.26. The number of amides is 1. The molecule has 0 saturated heterocycles. The zero-order valence-electron chi connectivity index (χ0n) is 16.5. The molecule has 1 amide bonds. The predicted molar refractivity (Wildman–Crippen MR) is 121 cm³/mol. The van der Waals surface area contributed by atoms with Gasteiger partial charge < -0.3 is 14.5 Å². The molecule has 0 atom stereocenters. The molecule has 0 aliphatic carbocycles. The Kier molecular flexibility index (Phi) is 6.95. The number of carbonyl (C=O) groups excluding carboxylic acids is 2. The van der Waals surface area contributed by atoms with Crippen molar-refractivity contribution in [3.05, 3.63) is 52.2 Å². The van der Waals surface area contributed by atoms with E-state index in [2.05, 4.69) is 26.6 Å². The maximum atomic E-state index is 12.2. The van der Waals surface area contributed by atoms with Crippen molar-refractivity contribution >= 4 is 61.5 Å². The van der Waals surface area contributed by atoms with Gasteiger partial charge in [0.1, 0.15) is 5.00 Å². The summed E-state index contributed by atoms with van der Waals surface area (Å²) in [6.45, 7) is 2.01. The topological polar surface area (TPSA) is 107 Å². The van der Waals surface area contributed by atoms with Crippen LogP contribution in [0, 0.1) is 0 Å². The minimum absolute atomic E-state index is 0.0830. The van der Waals surface area contributed by atoms with Crippen molar-refractivity contribution in [3.63, 3.8) is 0 Å². The summed E-state index contributed by atoms with van der Waals surface area (Å²) in [5.41, 5.74) is 1.34. The average molecular weight is 475 g/mol. The van der Waals surface area contributed by atoms with E-state index >= 15 is 0 Å². The summed E-state index contributed by atoms with van der Waals surface area (Å²) < 4.78 is 11.8. The van der Waals surface area contributed by atoms with E-state index in [1.165, 1.54) is 11.3 Å². The van der Waals surface area contributed by atoms with Gasteiger partial charge in [0.25, 0.3) is 5.22 Å². The van der Waals surface area contributed by atoms with Crippen molar-refractivity contribution < 1.29 is 18.7 Å². The molecule has 0 saturated carbocycles. The minimum atomic E-state index is -0.457. The molecule has 160 valence electrons. The lowest BCUT2D eigenvalue weighted by molar-refractivity contribution is -0.113. The Labute approximate surface area is 190 Å². The van der Waals surface area contributed by atoms with Gasteiger partial charge in [0.2, 0.25) is 11.8 Å². The number of benzene rings is 1. The first-order chi connectivity index (χ1) is 15.1. The second-order valence-corrected chi connectivity index (χ2v) is 9.22. The molecule has 0 fully saturated rings. The van der Waals surface area contributed by atoms with E-state index < -0.39 is 5.97 Å². The number of thiazole rings is 1. The first-order valence-corrected chi connectivity index (χ1v) is 12.1. The molecular formula is C20H18N4O4S3. The molecule has 0 aliphatic heterocycles. The number of thioether (sulfide) groups is 1. The van der Waals surface area contributed by atoms with E-state index in [0.29, 0.717) is 34.5 Å². The summed E-state index contributed by atoms with van der Waals surface area (Å²) in [5, 5.41) is 14.3. The predicted octanol–water partition coefficient (Wildman–Crippen LogP) is 4.43. The fourth-order valence-corrected chi connectivity index (χ4v) is 5.04. The van der Waals surface area contributed by atoms with Gasteiger partial charge in [-0.2, -0.15) is 0 Å². The monoisotopic (exact) mass is 474 g/mol. The number of carbonyl (C=O) groups is 2. The van der Waals surface area contributed by atoms with Crippen LogP contribution in [0.4, 0.5) is 5.00 Å². The van der Waals surface area contributed by atoms with Gasteiger partial charge in [-0.05, 0) is 30.5 Å². The highest BCUT2D eigenvalue weighted by atomic mass is 32.2. The van der Waals surface area contributed by atoms with Crippen molar-refractivity contribution in [2.24, 2.45) is 0 Å². The van der Waals surface area contributed by atoms with E-state index in [9.17, 15) is 9.59 Å².